The van der Waals surface area contributed by atoms with E-state index in [4.69, 9.17) is 9.47 Å². The van der Waals surface area contributed by atoms with Crippen LogP contribution in [0.25, 0.3) is 6.08 Å². The number of thioether (sulfide) groups is 1. The van der Waals surface area contributed by atoms with Crippen LogP contribution >= 0.6 is 11.8 Å². The Morgan fingerprint density at radius 1 is 0.829 bits per heavy atom. The van der Waals surface area contributed by atoms with Crippen molar-refractivity contribution in [3.8, 4) is 11.5 Å². The highest BCUT2D eigenvalue weighted by Crippen LogP contribution is 2.26. The summed E-state index contributed by atoms with van der Waals surface area (Å²) in [6.45, 7) is 0. The van der Waals surface area contributed by atoms with Gasteiger partial charge < -0.3 is 25.4 Å². The van der Waals surface area contributed by atoms with E-state index in [0.717, 1.165) is 4.90 Å². The molecule has 0 atom stereocenters. The highest BCUT2D eigenvalue weighted by atomic mass is 32.2. The number of anilines is 2. The van der Waals surface area contributed by atoms with Crippen LogP contribution in [0.5, 0.6) is 11.5 Å². The fourth-order valence-electron chi connectivity index (χ4n) is 3.63. The van der Waals surface area contributed by atoms with Crippen molar-refractivity contribution in [2.75, 3.05) is 30.6 Å². The van der Waals surface area contributed by atoms with Crippen LogP contribution in [0.2, 0.25) is 0 Å². The summed E-state index contributed by atoms with van der Waals surface area (Å²) in [6, 6.07) is 24.4. The van der Waals surface area contributed by atoms with E-state index >= 15 is 0 Å². The molecule has 4 aromatic rings. The molecule has 4 rings (SSSR count). The average Bonchev–Trinajstić information content (AvgIpc) is 3.01. The molecule has 0 saturated carbocycles. The quantitative estimate of drug-likeness (QED) is 0.167. The molecule has 0 aliphatic heterocycles. The van der Waals surface area contributed by atoms with Gasteiger partial charge in [-0.2, -0.15) is 0 Å². The third kappa shape index (κ3) is 8.70. The van der Waals surface area contributed by atoms with Crippen LogP contribution in [0.4, 0.5) is 11.4 Å². The monoisotopic (exact) mass is 568 g/mol. The number of rotatable bonds is 11. The number of nitrogens with one attached hydrogen (secondary N) is 3. The van der Waals surface area contributed by atoms with Gasteiger partial charge in [0.1, 0.15) is 17.2 Å². The van der Waals surface area contributed by atoms with Gasteiger partial charge in [0, 0.05) is 52.4 Å². The van der Waals surface area contributed by atoms with Gasteiger partial charge in [-0.25, -0.2) is 0 Å². The summed E-state index contributed by atoms with van der Waals surface area (Å²) in [6.07, 6.45) is 4.78. The Balaban J connectivity index is 1.37. The molecule has 1 aromatic heterocycles. The topological polar surface area (TPSA) is 119 Å². The summed E-state index contributed by atoms with van der Waals surface area (Å²) in [5, 5.41) is 8.35. The average molecular weight is 569 g/mol. The zero-order valence-electron chi connectivity index (χ0n) is 22.4. The number of benzene rings is 3. The van der Waals surface area contributed by atoms with Crippen LogP contribution in [0.15, 0.2) is 108 Å². The van der Waals surface area contributed by atoms with Crippen LogP contribution in [0.1, 0.15) is 15.9 Å². The number of carbonyl (C=O) groups is 3. The number of ether oxygens (including phenoxy) is 2. The van der Waals surface area contributed by atoms with Crippen molar-refractivity contribution in [2.45, 2.75) is 4.90 Å². The molecule has 3 amide bonds. The second kappa shape index (κ2) is 14.3. The second-order valence-corrected chi connectivity index (χ2v) is 9.63. The first-order chi connectivity index (χ1) is 19.9. The third-order valence-corrected chi connectivity index (χ3v) is 6.65. The Kier molecular flexibility index (Phi) is 10.1. The summed E-state index contributed by atoms with van der Waals surface area (Å²) in [5.41, 5.74) is 2.24. The van der Waals surface area contributed by atoms with Gasteiger partial charge in [-0.3, -0.25) is 19.4 Å². The smallest absolute Gasteiger partial charge is 0.272 e. The third-order valence-electron chi connectivity index (χ3n) is 5.64. The van der Waals surface area contributed by atoms with Crippen molar-refractivity contribution < 1.29 is 23.9 Å². The lowest BCUT2D eigenvalue weighted by Gasteiger charge is -2.12. The Morgan fingerprint density at radius 3 is 2.17 bits per heavy atom. The molecule has 3 aromatic carbocycles. The van der Waals surface area contributed by atoms with Crippen LogP contribution in [0.3, 0.4) is 0 Å². The number of aromatic nitrogens is 1. The predicted octanol–water partition coefficient (Wildman–Crippen LogP) is 5.24. The summed E-state index contributed by atoms with van der Waals surface area (Å²) >= 11 is 1.35. The van der Waals surface area contributed by atoms with E-state index in [0.29, 0.717) is 34.0 Å². The van der Waals surface area contributed by atoms with Gasteiger partial charge in [0.05, 0.1) is 20.0 Å². The molecule has 0 spiro atoms. The zero-order chi connectivity index (χ0) is 29.0. The molecular formula is C31H28N4O5S. The minimum Gasteiger partial charge on any atom is -0.497 e. The molecular weight excluding hydrogens is 540 g/mol. The largest absolute Gasteiger partial charge is 0.497 e. The Labute approximate surface area is 242 Å². The number of hydrogen-bond acceptors (Lipinski definition) is 7. The van der Waals surface area contributed by atoms with Crippen molar-refractivity contribution >= 4 is 46.9 Å². The number of nitrogens with zero attached hydrogens (tertiary/aromatic N) is 1. The van der Waals surface area contributed by atoms with Gasteiger partial charge in [0.15, 0.2) is 0 Å². The SMILES string of the molecule is COc1cc(NC(=O)CSc2ccc(NC(=O)/C(=C/c3cccnc3)NC(=O)c3ccccc3)cc2)cc(OC)c1. The van der Waals surface area contributed by atoms with Gasteiger partial charge in [0.25, 0.3) is 11.8 Å². The molecule has 1 heterocycles. The second-order valence-electron chi connectivity index (χ2n) is 8.58. The number of methoxy groups -OCH3 is 2. The van der Waals surface area contributed by atoms with E-state index in [9.17, 15) is 14.4 Å². The maximum Gasteiger partial charge on any atom is 0.272 e. The van der Waals surface area contributed by atoms with Gasteiger partial charge in [-0.1, -0.05) is 24.3 Å². The van der Waals surface area contributed by atoms with Crippen molar-refractivity contribution in [1.82, 2.24) is 10.3 Å². The van der Waals surface area contributed by atoms with Gasteiger partial charge in [-0.15, -0.1) is 11.8 Å². The Morgan fingerprint density at radius 2 is 1.54 bits per heavy atom. The predicted molar refractivity (Wildman–Crippen MR) is 160 cm³/mol. The van der Waals surface area contributed by atoms with E-state index in [2.05, 4.69) is 20.9 Å². The lowest BCUT2D eigenvalue weighted by Crippen LogP contribution is -2.30. The number of hydrogen-bond donors (Lipinski definition) is 3. The Hall–Kier alpha value is -5.09. The number of pyridine rings is 1. The van der Waals surface area contributed by atoms with Crippen LogP contribution in [-0.4, -0.2) is 42.7 Å². The first-order valence-corrected chi connectivity index (χ1v) is 13.5. The number of amides is 3. The maximum atomic E-state index is 13.2. The number of carbonyl (C=O) groups excluding carboxylic acids is 3. The summed E-state index contributed by atoms with van der Waals surface area (Å²) < 4.78 is 10.5. The molecule has 0 aliphatic carbocycles. The fourth-order valence-corrected chi connectivity index (χ4v) is 4.33. The van der Waals surface area contributed by atoms with Crippen molar-refractivity contribution in [3.63, 3.8) is 0 Å². The van der Waals surface area contributed by atoms with Crippen molar-refractivity contribution in [1.29, 1.82) is 0 Å². The molecule has 0 fully saturated rings. The molecule has 10 heteroatoms. The summed E-state index contributed by atoms with van der Waals surface area (Å²) in [4.78, 5) is 43.3. The molecule has 208 valence electrons. The standard InChI is InChI=1S/C31H28N4O5S/c1-39-25-16-24(17-26(18-25)40-2)33-29(36)20-41-27-12-10-23(11-13-27)34-31(38)28(15-21-7-6-14-32-19-21)35-30(37)22-8-4-3-5-9-22/h3-19H,20H2,1-2H3,(H,33,36)(H,34,38)(H,35,37)/b28-15-. The van der Waals surface area contributed by atoms with Crippen LogP contribution in [-0.2, 0) is 9.59 Å². The first kappa shape index (κ1) is 28.9. The van der Waals surface area contributed by atoms with E-state index in [1.807, 2.05) is 6.07 Å². The Bertz CT molecular complexity index is 1510. The summed E-state index contributed by atoms with van der Waals surface area (Å²) in [5.74, 6) is 0.224. The first-order valence-electron chi connectivity index (χ1n) is 12.5. The van der Waals surface area contributed by atoms with E-state index in [1.165, 1.54) is 11.8 Å². The van der Waals surface area contributed by atoms with E-state index < -0.39 is 11.8 Å². The van der Waals surface area contributed by atoms with Gasteiger partial charge >= 0.3 is 0 Å². The maximum absolute atomic E-state index is 13.2. The van der Waals surface area contributed by atoms with Gasteiger partial charge in [-0.05, 0) is 54.1 Å². The molecule has 0 radical (unpaired) electrons. The van der Waals surface area contributed by atoms with Gasteiger partial charge in [0.2, 0.25) is 5.91 Å². The molecule has 0 unspecified atom stereocenters. The van der Waals surface area contributed by atoms with Crippen molar-refractivity contribution in [3.05, 3.63) is 114 Å². The molecule has 9 nitrogen and oxygen atoms in total. The molecule has 3 N–H and O–H groups in total. The molecule has 41 heavy (non-hydrogen) atoms. The summed E-state index contributed by atoms with van der Waals surface area (Å²) in [7, 11) is 3.09. The lowest BCUT2D eigenvalue weighted by atomic mass is 10.2. The highest BCUT2D eigenvalue weighted by Gasteiger charge is 2.15. The van der Waals surface area contributed by atoms with Crippen molar-refractivity contribution in [2.24, 2.45) is 0 Å². The highest BCUT2D eigenvalue weighted by molar-refractivity contribution is 8.00. The molecule has 0 saturated heterocycles. The van der Waals surface area contributed by atoms with E-state index in [1.54, 1.807) is 112 Å². The fraction of sp³-hybridized carbons (Fsp3) is 0.0968. The minimum absolute atomic E-state index is 0.0659. The normalized spacial score (nSPS) is 10.8. The zero-order valence-corrected chi connectivity index (χ0v) is 23.2. The van der Waals surface area contributed by atoms with Crippen LogP contribution < -0.4 is 25.4 Å². The molecule has 0 aliphatic rings. The van der Waals surface area contributed by atoms with E-state index in [-0.39, 0.29) is 17.4 Å². The van der Waals surface area contributed by atoms with Crippen LogP contribution in [0, 0.1) is 0 Å². The molecule has 0 bridgehead atoms. The minimum atomic E-state index is -0.494. The lowest BCUT2D eigenvalue weighted by molar-refractivity contribution is -0.114.